The summed E-state index contributed by atoms with van der Waals surface area (Å²) in [4.78, 5) is 23.1. The maximum Gasteiger partial charge on any atom is 0.224 e. The lowest BCUT2D eigenvalue weighted by molar-refractivity contribution is -0.119. The maximum absolute atomic E-state index is 12.3. The van der Waals surface area contributed by atoms with Crippen molar-refractivity contribution in [3.63, 3.8) is 0 Å². The van der Waals surface area contributed by atoms with Crippen LogP contribution in [0, 0.1) is 5.41 Å². The van der Waals surface area contributed by atoms with Crippen LogP contribution in [0.4, 0.5) is 5.69 Å². The average Bonchev–Trinajstić information content (AvgIpc) is 2.49. The van der Waals surface area contributed by atoms with Gasteiger partial charge in [0.25, 0.3) is 0 Å². The zero-order valence-corrected chi connectivity index (χ0v) is 14.2. The summed E-state index contributed by atoms with van der Waals surface area (Å²) >= 11 is 0. The van der Waals surface area contributed by atoms with Gasteiger partial charge in [0.1, 0.15) is 0 Å². The number of amides is 2. The highest BCUT2D eigenvalue weighted by Crippen LogP contribution is 2.38. The Morgan fingerprint density at radius 1 is 1.09 bits per heavy atom. The summed E-state index contributed by atoms with van der Waals surface area (Å²) < 4.78 is 0. The normalized spacial score (nSPS) is 16.2. The van der Waals surface area contributed by atoms with Crippen LogP contribution < -0.4 is 16.8 Å². The van der Waals surface area contributed by atoms with Gasteiger partial charge in [-0.2, -0.15) is 0 Å². The number of anilines is 1. The van der Waals surface area contributed by atoms with Crippen molar-refractivity contribution in [1.29, 1.82) is 0 Å². The molecular weight excluding hydrogens is 314 g/mol. The number of rotatable bonds is 6. The number of hydrogen-bond acceptors (Lipinski definition) is 3. The van der Waals surface area contributed by atoms with Crippen LogP contribution in [0.5, 0.6) is 0 Å². The number of carbonyl (C=O) groups excluding carboxylic acids is 2. The van der Waals surface area contributed by atoms with Gasteiger partial charge in [-0.3, -0.25) is 9.59 Å². The Kier molecular flexibility index (Phi) is 7.52. The van der Waals surface area contributed by atoms with Gasteiger partial charge in [0.2, 0.25) is 11.8 Å². The van der Waals surface area contributed by atoms with Gasteiger partial charge >= 0.3 is 0 Å². The first-order valence-corrected chi connectivity index (χ1v) is 7.90. The number of nitrogens with two attached hydrogens (primary N) is 2. The molecule has 1 aromatic rings. The van der Waals surface area contributed by atoms with Crippen molar-refractivity contribution < 1.29 is 9.59 Å². The predicted octanol–water partition coefficient (Wildman–Crippen LogP) is 2.37. The highest BCUT2D eigenvalue weighted by molar-refractivity contribution is 5.91. The molecule has 2 rings (SSSR count). The molecule has 0 aliphatic heterocycles. The SMILES string of the molecule is Cl.NCC1(CC(=O)Nc2ccc(CC(N)=O)cc2)CCCCC1. The number of primary amides is 1. The molecule has 1 aromatic carbocycles. The topological polar surface area (TPSA) is 98.2 Å². The maximum atomic E-state index is 12.3. The van der Waals surface area contributed by atoms with Crippen molar-refractivity contribution in [3.05, 3.63) is 29.8 Å². The first-order chi connectivity index (χ1) is 10.5. The van der Waals surface area contributed by atoms with E-state index in [1.54, 1.807) is 24.3 Å². The van der Waals surface area contributed by atoms with Gasteiger partial charge < -0.3 is 16.8 Å². The Bertz CT molecular complexity index is 525. The molecule has 0 saturated heterocycles. The highest BCUT2D eigenvalue weighted by atomic mass is 35.5. The summed E-state index contributed by atoms with van der Waals surface area (Å²) in [6, 6.07) is 7.21. The Morgan fingerprint density at radius 2 is 1.70 bits per heavy atom. The van der Waals surface area contributed by atoms with E-state index in [2.05, 4.69) is 5.32 Å². The van der Waals surface area contributed by atoms with Gasteiger partial charge in [-0.1, -0.05) is 31.4 Å². The minimum absolute atomic E-state index is 0. The van der Waals surface area contributed by atoms with E-state index in [0.29, 0.717) is 13.0 Å². The van der Waals surface area contributed by atoms with Gasteiger partial charge in [0, 0.05) is 12.1 Å². The molecule has 1 saturated carbocycles. The van der Waals surface area contributed by atoms with Crippen LogP contribution in [-0.4, -0.2) is 18.4 Å². The van der Waals surface area contributed by atoms with Crippen molar-refractivity contribution in [2.45, 2.75) is 44.9 Å². The molecule has 0 unspecified atom stereocenters. The standard InChI is InChI=1S/C17H25N3O2.ClH/c18-12-17(8-2-1-3-9-17)11-16(22)20-14-6-4-13(5-7-14)10-15(19)21;/h4-7H,1-3,8-12,18H2,(H2,19,21)(H,20,22);1H. The quantitative estimate of drug-likeness (QED) is 0.742. The van der Waals surface area contributed by atoms with E-state index in [-0.39, 0.29) is 36.1 Å². The van der Waals surface area contributed by atoms with Crippen LogP contribution in [0.25, 0.3) is 0 Å². The van der Waals surface area contributed by atoms with Crippen LogP contribution in [0.1, 0.15) is 44.1 Å². The fourth-order valence-electron chi connectivity index (χ4n) is 3.21. The van der Waals surface area contributed by atoms with E-state index >= 15 is 0 Å². The molecule has 6 heteroatoms. The fourth-order valence-corrected chi connectivity index (χ4v) is 3.21. The van der Waals surface area contributed by atoms with E-state index in [1.807, 2.05) is 0 Å². The fraction of sp³-hybridized carbons (Fsp3) is 0.529. The number of carbonyl (C=O) groups is 2. The zero-order chi connectivity index (χ0) is 16.0. The summed E-state index contributed by atoms with van der Waals surface area (Å²) in [5.41, 5.74) is 12.6. The minimum Gasteiger partial charge on any atom is -0.369 e. The number of nitrogens with one attached hydrogen (secondary N) is 1. The van der Waals surface area contributed by atoms with Crippen molar-refractivity contribution >= 4 is 29.9 Å². The molecular formula is C17H26ClN3O2. The molecule has 128 valence electrons. The molecule has 0 aromatic heterocycles. The van der Waals surface area contributed by atoms with Crippen LogP contribution >= 0.6 is 12.4 Å². The molecule has 0 radical (unpaired) electrons. The summed E-state index contributed by atoms with van der Waals surface area (Å²) in [6.45, 7) is 0.567. The number of benzene rings is 1. The van der Waals surface area contributed by atoms with E-state index in [4.69, 9.17) is 11.5 Å². The Balaban J connectivity index is 0.00000264. The molecule has 0 bridgehead atoms. The Labute approximate surface area is 143 Å². The number of hydrogen-bond donors (Lipinski definition) is 3. The summed E-state index contributed by atoms with van der Waals surface area (Å²) in [6.07, 6.45) is 6.32. The second-order valence-corrected chi connectivity index (χ2v) is 6.33. The molecule has 1 aliphatic carbocycles. The predicted molar refractivity (Wildman–Crippen MR) is 94.4 cm³/mol. The summed E-state index contributed by atoms with van der Waals surface area (Å²) in [7, 11) is 0. The first-order valence-electron chi connectivity index (χ1n) is 7.90. The van der Waals surface area contributed by atoms with E-state index in [1.165, 1.54) is 6.42 Å². The van der Waals surface area contributed by atoms with Crippen LogP contribution in [0.2, 0.25) is 0 Å². The smallest absolute Gasteiger partial charge is 0.224 e. The first kappa shape index (κ1) is 19.5. The van der Waals surface area contributed by atoms with E-state index in [0.717, 1.165) is 36.9 Å². The van der Waals surface area contributed by atoms with Gasteiger partial charge in [-0.05, 0) is 42.5 Å². The van der Waals surface area contributed by atoms with Gasteiger partial charge in [-0.25, -0.2) is 0 Å². The molecule has 5 N–H and O–H groups in total. The van der Waals surface area contributed by atoms with Crippen molar-refractivity contribution in [2.24, 2.45) is 16.9 Å². The lowest BCUT2D eigenvalue weighted by Gasteiger charge is -2.35. The van der Waals surface area contributed by atoms with Gasteiger partial charge in [-0.15, -0.1) is 12.4 Å². The number of halogens is 1. The van der Waals surface area contributed by atoms with Crippen molar-refractivity contribution in [2.75, 3.05) is 11.9 Å². The van der Waals surface area contributed by atoms with Crippen LogP contribution in [0.3, 0.4) is 0 Å². The van der Waals surface area contributed by atoms with Crippen molar-refractivity contribution in [1.82, 2.24) is 0 Å². The molecule has 1 aliphatic rings. The lowest BCUT2D eigenvalue weighted by atomic mass is 9.71. The van der Waals surface area contributed by atoms with E-state index < -0.39 is 0 Å². The zero-order valence-electron chi connectivity index (χ0n) is 13.3. The van der Waals surface area contributed by atoms with Crippen LogP contribution in [-0.2, 0) is 16.0 Å². The average molecular weight is 340 g/mol. The highest BCUT2D eigenvalue weighted by Gasteiger charge is 2.32. The summed E-state index contributed by atoms with van der Waals surface area (Å²) in [5.74, 6) is -0.353. The van der Waals surface area contributed by atoms with Gasteiger partial charge in [0.05, 0.1) is 6.42 Å². The summed E-state index contributed by atoms with van der Waals surface area (Å²) in [5, 5.41) is 2.92. The third-order valence-electron chi connectivity index (χ3n) is 4.50. The minimum atomic E-state index is -0.362. The molecule has 5 nitrogen and oxygen atoms in total. The van der Waals surface area contributed by atoms with Gasteiger partial charge in [0.15, 0.2) is 0 Å². The molecule has 1 fully saturated rings. The second kappa shape index (κ2) is 8.89. The molecule has 0 atom stereocenters. The Morgan fingerprint density at radius 3 is 2.22 bits per heavy atom. The third-order valence-corrected chi connectivity index (χ3v) is 4.50. The van der Waals surface area contributed by atoms with E-state index in [9.17, 15) is 9.59 Å². The second-order valence-electron chi connectivity index (χ2n) is 6.33. The molecule has 2 amide bonds. The molecule has 0 spiro atoms. The van der Waals surface area contributed by atoms with Crippen LogP contribution in [0.15, 0.2) is 24.3 Å². The molecule has 0 heterocycles. The van der Waals surface area contributed by atoms with Crippen molar-refractivity contribution in [3.8, 4) is 0 Å². The third kappa shape index (κ3) is 5.84. The monoisotopic (exact) mass is 339 g/mol. The lowest BCUT2D eigenvalue weighted by Crippen LogP contribution is -2.36. The Hall–Kier alpha value is -1.59. The molecule has 23 heavy (non-hydrogen) atoms. The largest absolute Gasteiger partial charge is 0.369 e.